The highest BCUT2D eigenvalue weighted by Crippen LogP contribution is 2.06. The number of rotatable bonds is 6. The van der Waals surface area contributed by atoms with Crippen molar-refractivity contribution in [2.24, 2.45) is 5.73 Å². The third kappa shape index (κ3) is 4.38. The Kier molecular flexibility index (Phi) is 5.11. The summed E-state index contributed by atoms with van der Waals surface area (Å²) in [5.41, 5.74) is 7.04. The summed E-state index contributed by atoms with van der Waals surface area (Å²) >= 11 is 0. The topological polar surface area (TPSA) is 64.8 Å². The van der Waals surface area contributed by atoms with Gasteiger partial charge in [-0.2, -0.15) is 0 Å². The number of hydroxylamine groups is 2. The zero-order chi connectivity index (χ0) is 14.2. The molecule has 0 aliphatic carbocycles. The summed E-state index contributed by atoms with van der Waals surface area (Å²) in [6, 6.07) is 18.1. The third-order valence-electron chi connectivity index (χ3n) is 2.56. The van der Waals surface area contributed by atoms with Crippen molar-refractivity contribution in [3.05, 3.63) is 71.8 Å². The molecule has 104 valence electrons. The van der Waals surface area contributed by atoms with E-state index in [1.165, 1.54) is 0 Å². The summed E-state index contributed by atoms with van der Waals surface area (Å²) in [6.45, 7) is 0.414. The highest BCUT2D eigenvalue weighted by Gasteiger charge is 2.12. The predicted octanol–water partition coefficient (Wildman–Crippen LogP) is 2.63. The van der Waals surface area contributed by atoms with Gasteiger partial charge in [-0.3, -0.25) is 0 Å². The number of nitrogens with two attached hydrogens (primary N) is 1. The first-order valence-corrected chi connectivity index (χ1v) is 6.19. The van der Waals surface area contributed by atoms with Gasteiger partial charge in [0.1, 0.15) is 13.2 Å². The van der Waals surface area contributed by atoms with Crippen molar-refractivity contribution < 1.29 is 14.5 Å². The average molecular weight is 272 g/mol. The molecule has 5 nitrogen and oxygen atoms in total. The molecule has 0 bridgehead atoms. The van der Waals surface area contributed by atoms with Gasteiger partial charge in [-0.1, -0.05) is 65.9 Å². The molecule has 2 rings (SSSR count). The first kappa shape index (κ1) is 14.0. The van der Waals surface area contributed by atoms with Crippen LogP contribution in [0.5, 0.6) is 0 Å². The summed E-state index contributed by atoms with van der Waals surface area (Å²) in [5, 5.41) is 0.708. The van der Waals surface area contributed by atoms with Crippen LogP contribution >= 0.6 is 0 Å². The molecule has 0 saturated heterocycles. The van der Waals surface area contributed by atoms with Crippen molar-refractivity contribution >= 4 is 6.03 Å². The number of amides is 2. The summed E-state index contributed by atoms with van der Waals surface area (Å²) in [6.07, 6.45) is 0. The molecule has 0 aliphatic rings. The zero-order valence-electron chi connectivity index (χ0n) is 10.9. The number of carbonyl (C=O) groups excluding carboxylic acids is 1. The first-order chi connectivity index (χ1) is 9.75. The largest absolute Gasteiger partial charge is 0.364 e. The van der Waals surface area contributed by atoms with E-state index in [-0.39, 0.29) is 13.2 Å². The van der Waals surface area contributed by atoms with Gasteiger partial charge < -0.3 is 5.73 Å². The minimum atomic E-state index is -0.795. The van der Waals surface area contributed by atoms with E-state index < -0.39 is 6.03 Å². The molecule has 5 heteroatoms. The molecule has 2 aromatic carbocycles. The van der Waals surface area contributed by atoms with Gasteiger partial charge in [-0.05, 0) is 11.1 Å². The molecule has 2 amide bonds. The van der Waals surface area contributed by atoms with E-state index in [4.69, 9.17) is 15.4 Å². The van der Waals surface area contributed by atoms with Crippen LogP contribution in [0, 0.1) is 0 Å². The standard InChI is InChI=1S/C15H16N2O3/c16-15(18)17(19-11-13-7-3-1-4-8-13)20-12-14-9-5-2-6-10-14/h1-10H,11-12H2,(H2,16,18). The molecule has 0 radical (unpaired) electrons. The van der Waals surface area contributed by atoms with E-state index in [1.54, 1.807) is 0 Å². The Bertz CT molecular complexity index is 488. The summed E-state index contributed by atoms with van der Waals surface area (Å²) in [4.78, 5) is 21.7. The molecule has 2 N–H and O–H groups in total. The molecule has 0 heterocycles. The van der Waals surface area contributed by atoms with E-state index in [1.807, 2.05) is 60.7 Å². The molecule has 20 heavy (non-hydrogen) atoms. The van der Waals surface area contributed by atoms with Crippen molar-refractivity contribution in [2.75, 3.05) is 0 Å². The second kappa shape index (κ2) is 7.28. The van der Waals surface area contributed by atoms with E-state index >= 15 is 0 Å². The zero-order valence-corrected chi connectivity index (χ0v) is 10.9. The van der Waals surface area contributed by atoms with Gasteiger partial charge in [-0.25, -0.2) is 14.5 Å². The highest BCUT2D eigenvalue weighted by molar-refractivity contribution is 5.69. The number of nitrogens with zero attached hydrogens (tertiary/aromatic N) is 1. The SMILES string of the molecule is NC(=O)N(OCc1ccccc1)OCc1ccccc1. The predicted molar refractivity (Wildman–Crippen MR) is 73.9 cm³/mol. The molecule has 0 aliphatic heterocycles. The fraction of sp³-hybridized carbons (Fsp3) is 0.133. The van der Waals surface area contributed by atoms with Crippen LogP contribution < -0.4 is 5.73 Å². The third-order valence-corrected chi connectivity index (χ3v) is 2.56. The molecule has 0 fully saturated rings. The fourth-order valence-corrected chi connectivity index (χ4v) is 1.58. The molecule has 0 unspecified atom stereocenters. The summed E-state index contributed by atoms with van der Waals surface area (Å²) in [5.74, 6) is 0. The van der Waals surface area contributed by atoms with E-state index in [0.29, 0.717) is 5.23 Å². The first-order valence-electron chi connectivity index (χ1n) is 6.19. The Hall–Kier alpha value is -2.37. The minimum absolute atomic E-state index is 0.207. The van der Waals surface area contributed by atoms with Crippen LogP contribution in [0.2, 0.25) is 0 Å². The smallest absolute Gasteiger partial charge is 0.348 e. The molecular formula is C15H16N2O3. The quantitative estimate of drug-likeness (QED) is 0.822. The number of hydrogen-bond acceptors (Lipinski definition) is 3. The van der Waals surface area contributed by atoms with Gasteiger partial charge in [-0.15, -0.1) is 0 Å². The number of benzene rings is 2. The Morgan fingerprint density at radius 3 is 1.60 bits per heavy atom. The Morgan fingerprint density at radius 1 is 0.850 bits per heavy atom. The molecule has 0 atom stereocenters. The maximum atomic E-state index is 11.2. The number of hydrogen-bond donors (Lipinski definition) is 1. The number of primary amides is 1. The fourth-order valence-electron chi connectivity index (χ4n) is 1.58. The van der Waals surface area contributed by atoms with Gasteiger partial charge in [0.25, 0.3) is 0 Å². The van der Waals surface area contributed by atoms with E-state index in [0.717, 1.165) is 11.1 Å². The average Bonchev–Trinajstić information content (AvgIpc) is 2.49. The lowest BCUT2D eigenvalue weighted by Crippen LogP contribution is -2.35. The van der Waals surface area contributed by atoms with Crippen molar-refractivity contribution in [2.45, 2.75) is 13.2 Å². The van der Waals surface area contributed by atoms with Gasteiger partial charge in [0, 0.05) is 0 Å². The molecule has 0 aromatic heterocycles. The van der Waals surface area contributed by atoms with E-state index in [9.17, 15) is 4.79 Å². The Balaban J connectivity index is 1.86. The van der Waals surface area contributed by atoms with Crippen LogP contribution in [0.4, 0.5) is 4.79 Å². The summed E-state index contributed by atoms with van der Waals surface area (Å²) in [7, 11) is 0. The second-order valence-corrected chi connectivity index (χ2v) is 4.11. The van der Waals surface area contributed by atoms with Crippen LogP contribution in [-0.4, -0.2) is 11.3 Å². The molecule has 0 spiro atoms. The van der Waals surface area contributed by atoms with Gasteiger partial charge in [0.15, 0.2) is 0 Å². The Morgan fingerprint density at radius 2 is 1.25 bits per heavy atom. The number of urea groups is 1. The van der Waals surface area contributed by atoms with Crippen molar-refractivity contribution in [3.8, 4) is 0 Å². The van der Waals surface area contributed by atoms with E-state index in [2.05, 4.69) is 0 Å². The van der Waals surface area contributed by atoms with Crippen molar-refractivity contribution in [3.63, 3.8) is 0 Å². The Labute approximate surface area is 117 Å². The van der Waals surface area contributed by atoms with Crippen molar-refractivity contribution in [1.82, 2.24) is 5.23 Å². The molecule has 0 saturated carbocycles. The monoisotopic (exact) mass is 272 g/mol. The lowest BCUT2D eigenvalue weighted by Gasteiger charge is -2.18. The highest BCUT2D eigenvalue weighted by atomic mass is 17.0. The minimum Gasteiger partial charge on any atom is -0.348 e. The lowest BCUT2D eigenvalue weighted by atomic mass is 10.2. The second-order valence-electron chi connectivity index (χ2n) is 4.11. The van der Waals surface area contributed by atoms with Gasteiger partial charge in [0.2, 0.25) is 0 Å². The molecule has 2 aromatic rings. The van der Waals surface area contributed by atoms with Crippen LogP contribution in [-0.2, 0) is 22.9 Å². The van der Waals surface area contributed by atoms with Gasteiger partial charge in [0.05, 0.1) is 0 Å². The van der Waals surface area contributed by atoms with Crippen LogP contribution in [0.15, 0.2) is 60.7 Å². The lowest BCUT2D eigenvalue weighted by molar-refractivity contribution is -0.337. The number of carbonyl (C=O) groups is 1. The van der Waals surface area contributed by atoms with Crippen LogP contribution in [0.25, 0.3) is 0 Å². The maximum Gasteiger partial charge on any atom is 0.364 e. The summed E-state index contributed by atoms with van der Waals surface area (Å²) < 4.78 is 0. The van der Waals surface area contributed by atoms with Gasteiger partial charge >= 0.3 is 6.03 Å². The van der Waals surface area contributed by atoms with Crippen molar-refractivity contribution in [1.29, 1.82) is 0 Å². The molecular weight excluding hydrogens is 256 g/mol. The normalized spacial score (nSPS) is 10.2. The van der Waals surface area contributed by atoms with Crippen LogP contribution in [0.1, 0.15) is 11.1 Å². The van der Waals surface area contributed by atoms with Crippen LogP contribution in [0.3, 0.4) is 0 Å². The maximum absolute atomic E-state index is 11.2.